The second-order valence-electron chi connectivity index (χ2n) is 10.6. The quantitative estimate of drug-likeness (QED) is 0.438. The summed E-state index contributed by atoms with van der Waals surface area (Å²) in [6.45, 7) is 8.33. The molecule has 4 rings (SSSR count). The second kappa shape index (κ2) is 10.4. The van der Waals surface area contributed by atoms with Gasteiger partial charge in [-0.25, -0.2) is 9.59 Å². The number of rotatable bonds is 7. The third-order valence-corrected chi connectivity index (χ3v) is 7.94. The number of hydrogen-bond acceptors (Lipinski definition) is 6. The SMILES string of the molecule is CCOC(=O)O[C@@H]1[C@H]2C=C[C@H](C2)[C@@]1(NC(=O)c1ccccc1)C(=O)O[C@@H]1C[C@H](C)CC[C@H]1C(C)C. The van der Waals surface area contributed by atoms with E-state index in [1.54, 1.807) is 31.2 Å². The van der Waals surface area contributed by atoms with Crippen molar-refractivity contribution in [2.24, 2.45) is 29.6 Å². The lowest BCUT2D eigenvalue weighted by molar-refractivity contribution is -0.170. The highest BCUT2D eigenvalue weighted by molar-refractivity contribution is 5.99. The minimum absolute atomic E-state index is 0.152. The molecule has 7 atom stereocenters. The van der Waals surface area contributed by atoms with E-state index in [2.05, 4.69) is 26.1 Å². The molecule has 2 saturated carbocycles. The molecule has 3 aliphatic carbocycles. The van der Waals surface area contributed by atoms with E-state index in [-0.39, 0.29) is 30.5 Å². The van der Waals surface area contributed by atoms with Crippen molar-refractivity contribution < 1.29 is 28.6 Å². The summed E-state index contributed by atoms with van der Waals surface area (Å²) in [5.74, 6) is -0.428. The van der Waals surface area contributed by atoms with Crippen LogP contribution >= 0.6 is 0 Å². The maximum Gasteiger partial charge on any atom is 0.508 e. The van der Waals surface area contributed by atoms with Crippen LogP contribution in [-0.2, 0) is 19.0 Å². The van der Waals surface area contributed by atoms with Crippen LogP contribution < -0.4 is 5.32 Å². The highest BCUT2D eigenvalue weighted by Gasteiger charge is 2.65. The first-order valence-electron chi connectivity index (χ1n) is 12.9. The molecule has 0 aromatic heterocycles. The predicted molar refractivity (Wildman–Crippen MR) is 130 cm³/mol. The van der Waals surface area contributed by atoms with Crippen molar-refractivity contribution in [3.05, 3.63) is 48.0 Å². The van der Waals surface area contributed by atoms with Gasteiger partial charge in [0.05, 0.1) is 6.61 Å². The van der Waals surface area contributed by atoms with Gasteiger partial charge in [0.1, 0.15) is 12.2 Å². The van der Waals surface area contributed by atoms with Crippen LogP contribution in [0.4, 0.5) is 4.79 Å². The summed E-state index contributed by atoms with van der Waals surface area (Å²) in [5.41, 5.74) is -1.09. The number of nitrogens with one attached hydrogen (secondary N) is 1. The van der Waals surface area contributed by atoms with Gasteiger partial charge < -0.3 is 19.5 Å². The van der Waals surface area contributed by atoms with Gasteiger partial charge in [0, 0.05) is 17.4 Å². The van der Waals surface area contributed by atoms with Crippen LogP contribution in [0.25, 0.3) is 0 Å². The van der Waals surface area contributed by atoms with E-state index in [0.29, 0.717) is 23.8 Å². The summed E-state index contributed by atoms with van der Waals surface area (Å²) in [5, 5.41) is 2.98. The molecule has 0 heterocycles. The zero-order valence-corrected chi connectivity index (χ0v) is 21.1. The standard InChI is InChI=1S/C28H37NO6/c1-5-33-27(32)35-24-20-12-13-21(16-20)28(24,29-25(30)19-9-7-6-8-10-19)26(31)34-23-15-18(4)11-14-22(23)17(2)3/h6-10,12-13,17-18,20-24H,5,11,14-16H2,1-4H3,(H,29,30)/t18-,20+,21-,22+,23-,24-,28+/m1/s1. The summed E-state index contributed by atoms with van der Waals surface area (Å²) in [7, 11) is 0. The van der Waals surface area contributed by atoms with Crippen molar-refractivity contribution in [3.8, 4) is 0 Å². The molecule has 0 radical (unpaired) electrons. The second-order valence-corrected chi connectivity index (χ2v) is 10.6. The molecule has 0 aliphatic heterocycles. The Kier molecular flexibility index (Phi) is 7.53. The Hall–Kier alpha value is -2.83. The van der Waals surface area contributed by atoms with E-state index in [1.807, 2.05) is 18.2 Å². The fourth-order valence-corrected chi connectivity index (χ4v) is 6.09. The van der Waals surface area contributed by atoms with E-state index in [9.17, 15) is 14.4 Å². The first kappa shape index (κ1) is 25.3. The number of amides is 1. The average Bonchev–Trinajstić information content (AvgIpc) is 3.41. The van der Waals surface area contributed by atoms with Gasteiger partial charge in [0.2, 0.25) is 0 Å². The van der Waals surface area contributed by atoms with Crippen molar-refractivity contribution in [2.45, 2.75) is 71.1 Å². The maximum absolute atomic E-state index is 14.1. The molecule has 1 N–H and O–H groups in total. The van der Waals surface area contributed by atoms with Crippen molar-refractivity contribution in [2.75, 3.05) is 6.61 Å². The minimum atomic E-state index is -1.51. The van der Waals surface area contributed by atoms with Gasteiger partial charge in [-0.1, -0.05) is 57.5 Å². The van der Waals surface area contributed by atoms with E-state index in [1.165, 1.54) is 0 Å². The molecule has 0 saturated heterocycles. The van der Waals surface area contributed by atoms with Crippen molar-refractivity contribution in [1.29, 1.82) is 0 Å². The molecule has 7 heteroatoms. The Morgan fingerprint density at radius 1 is 1.06 bits per heavy atom. The fraction of sp³-hybridized carbons (Fsp3) is 0.607. The maximum atomic E-state index is 14.1. The van der Waals surface area contributed by atoms with Crippen LogP contribution in [0.15, 0.2) is 42.5 Å². The molecule has 0 unspecified atom stereocenters. The Morgan fingerprint density at radius 2 is 1.80 bits per heavy atom. The van der Waals surface area contributed by atoms with Gasteiger partial charge in [-0.05, 0) is 56.1 Å². The molecule has 1 aromatic carbocycles. The topological polar surface area (TPSA) is 90.9 Å². The number of carbonyl (C=O) groups is 3. The van der Waals surface area contributed by atoms with Crippen molar-refractivity contribution in [3.63, 3.8) is 0 Å². The van der Waals surface area contributed by atoms with E-state index >= 15 is 0 Å². The smallest absolute Gasteiger partial charge is 0.460 e. The number of carbonyl (C=O) groups excluding carboxylic acids is 3. The number of benzene rings is 1. The zero-order valence-electron chi connectivity index (χ0n) is 21.1. The van der Waals surface area contributed by atoms with Gasteiger partial charge in [-0.15, -0.1) is 0 Å². The van der Waals surface area contributed by atoms with Gasteiger partial charge in [-0.3, -0.25) is 4.79 Å². The third-order valence-electron chi connectivity index (χ3n) is 7.94. The third kappa shape index (κ3) is 4.95. The number of hydrogen-bond donors (Lipinski definition) is 1. The lowest BCUT2D eigenvalue weighted by Gasteiger charge is -2.42. The normalized spacial score (nSPS) is 33.4. The van der Waals surface area contributed by atoms with Crippen molar-refractivity contribution >= 4 is 18.0 Å². The van der Waals surface area contributed by atoms with Crippen LogP contribution in [0.3, 0.4) is 0 Å². The largest absolute Gasteiger partial charge is 0.508 e. The Labute approximate surface area is 207 Å². The van der Waals surface area contributed by atoms with E-state index in [4.69, 9.17) is 14.2 Å². The minimum Gasteiger partial charge on any atom is -0.460 e. The average molecular weight is 484 g/mol. The first-order valence-corrected chi connectivity index (χ1v) is 12.9. The van der Waals surface area contributed by atoms with Crippen molar-refractivity contribution in [1.82, 2.24) is 5.32 Å². The summed E-state index contributed by atoms with van der Waals surface area (Å²) in [4.78, 5) is 39.8. The molecule has 2 bridgehead atoms. The highest BCUT2D eigenvalue weighted by Crippen LogP contribution is 2.50. The van der Waals surface area contributed by atoms with Gasteiger partial charge in [0.15, 0.2) is 5.54 Å². The molecule has 0 spiro atoms. The summed E-state index contributed by atoms with van der Waals surface area (Å²) >= 11 is 0. The summed E-state index contributed by atoms with van der Waals surface area (Å²) in [6.07, 6.45) is 5.35. The first-order chi connectivity index (χ1) is 16.8. The molecule has 7 nitrogen and oxygen atoms in total. The monoisotopic (exact) mass is 483 g/mol. The zero-order chi connectivity index (χ0) is 25.2. The van der Waals surface area contributed by atoms with Crippen LogP contribution in [-0.4, -0.2) is 42.4 Å². The van der Waals surface area contributed by atoms with E-state index in [0.717, 1.165) is 19.3 Å². The molecule has 190 valence electrons. The highest BCUT2D eigenvalue weighted by atomic mass is 16.7. The molecular formula is C28H37NO6. The van der Waals surface area contributed by atoms with Gasteiger partial charge in [-0.2, -0.15) is 0 Å². The van der Waals surface area contributed by atoms with E-state index < -0.39 is 29.7 Å². The Morgan fingerprint density at radius 3 is 2.49 bits per heavy atom. The molecule has 35 heavy (non-hydrogen) atoms. The lowest BCUT2D eigenvalue weighted by Crippen LogP contribution is -2.66. The van der Waals surface area contributed by atoms with Crippen LogP contribution in [0.5, 0.6) is 0 Å². The van der Waals surface area contributed by atoms with Crippen LogP contribution in [0.2, 0.25) is 0 Å². The summed E-state index contributed by atoms with van der Waals surface area (Å²) < 4.78 is 17.0. The molecule has 2 fully saturated rings. The molecule has 1 aromatic rings. The fourth-order valence-electron chi connectivity index (χ4n) is 6.09. The Bertz CT molecular complexity index is 959. The molecular weight excluding hydrogens is 446 g/mol. The van der Waals surface area contributed by atoms with Gasteiger partial charge in [0.25, 0.3) is 5.91 Å². The molecule has 1 amide bonds. The number of fused-ring (bicyclic) bond motifs is 2. The van der Waals surface area contributed by atoms with Crippen LogP contribution in [0.1, 0.15) is 63.7 Å². The lowest BCUT2D eigenvalue weighted by atomic mass is 9.75. The van der Waals surface area contributed by atoms with Crippen LogP contribution in [0, 0.1) is 29.6 Å². The summed E-state index contributed by atoms with van der Waals surface area (Å²) in [6, 6.07) is 8.74. The predicted octanol–water partition coefficient (Wildman–Crippen LogP) is 4.91. The number of esters is 1. The molecule has 3 aliphatic rings. The Balaban J connectivity index is 1.68. The number of ether oxygens (including phenoxy) is 3. The van der Waals surface area contributed by atoms with Gasteiger partial charge >= 0.3 is 12.1 Å².